The number of hydrogen-bond acceptors (Lipinski definition) is 1. The molecule has 0 aromatic carbocycles. The third kappa shape index (κ3) is 2.78. The van der Waals surface area contributed by atoms with E-state index in [9.17, 15) is 0 Å². The van der Waals surface area contributed by atoms with E-state index in [1.807, 2.05) is 0 Å². The first-order valence-electron chi connectivity index (χ1n) is 1.59. The Morgan fingerprint density at radius 2 is 2.50 bits per heavy atom. The topological polar surface area (TPSA) is 20.2 Å². The minimum absolute atomic E-state index is 0.0837. The molecule has 0 radical (unpaired) electrons. The second kappa shape index (κ2) is 3.74. The van der Waals surface area contributed by atoms with Crippen LogP contribution in [0.25, 0.3) is 0 Å². The number of hydrogen-bond donors (Lipinski definition) is 1. The molecule has 6 heavy (non-hydrogen) atoms. The maximum Gasteiger partial charge on any atom is 0.0376 e. The van der Waals surface area contributed by atoms with Gasteiger partial charge in [0, 0.05) is 8.81 Å². The summed E-state index contributed by atoms with van der Waals surface area (Å²) in [4.78, 5) is 8.25. The molecule has 1 N–H and O–H groups in total. The molecule has 2 atom stereocenters. The van der Waals surface area contributed by atoms with Gasteiger partial charge in [-0.05, 0) is 11.5 Å². The van der Waals surface area contributed by atoms with Crippen molar-refractivity contribution < 1.29 is 4.89 Å². The number of rotatable bonds is 2. The van der Waals surface area contributed by atoms with Crippen LogP contribution < -0.4 is 0 Å². The van der Waals surface area contributed by atoms with Crippen LogP contribution >= 0.6 is 18.0 Å². The molecule has 0 heterocycles. The molecular weight excluding hydrogens is 114 g/mol. The molecule has 0 fully saturated rings. The minimum atomic E-state index is -0.0837. The summed E-state index contributed by atoms with van der Waals surface area (Å²) in [7, 11) is 2.40. The zero-order valence-corrected chi connectivity index (χ0v) is 5.59. The summed E-state index contributed by atoms with van der Waals surface area (Å²) in [5.41, 5.74) is 0. The van der Waals surface area contributed by atoms with Gasteiger partial charge in [-0.15, -0.1) is 9.24 Å². The summed E-state index contributed by atoms with van der Waals surface area (Å²) in [5.74, 6) is 0. The molecule has 0 aliphatic rings. The fourth-order valence-corrected chi connectivity index (χ4v) is 0.411. The van der Waals surface area contributed by atoms with E-state index in [1.165, 1.54) is 0 Å². The maximum atomic E-state index is 8.25. The quantitative estimate of drug-likeness (QED) is 0.541. The van der Waals surface area contributed by atoms with Gasteiger partial charge in [0.1, 0.15) is 0 Å². The van der Waals surface area contributed by atoms with Crippen LogP contribution in [0.5, 0.6) is 0 Å². The van der Waals surface area contributed by atoms with Crippen molar-refractivity contribution in [3.63, 3.8) is 0 Å². The first kappa shape index (κ1) is 6.56. The molecule has 0 spiro atoms. The summed E-state index contributed by atoms with van der Waals surface area (Å²) in [6.07, 6.45) is 0.814. The summed E-state index contributed by atoms with van der Waals surface area (Å²) >= 11 is 0. The van der Waals surface area contributed by atoms with Crippen molar-refractivity contribution >= 4 is 18.0 Å². The zero-order chi connectivity index (χ0) is 4.99. The van der Waals surface area contributed by atoms with Crippen molar-refractivity contribution in [2.75, 3.05) is 6.16 Å². The Morgan fingerprint density at radius 1 is 2.00 bits per heavy atom. The van der Waals surface area contributed by atoms with Crippen molar-refractivity contribution in [2.24, 2.45) is 0 Å². The molecular formula is C3H8OP2. The van der Waals surface area contributed by atoms with E-state index in [0.29, 0.717) is 0 Å². The van der Waals surface area contributed by atoms with Crippen molar-refractivity contribution in [1.82, 2.24) is 0 Å². The van der Waals surface area contributed by atoms with Crippen LogP contribution in [-0.4, -0.2) is 11.1 Å². The van der Waals surface area contributed by atoms with Crippen molar-refractivity contribution in [3.8, 4) is 0 Å². The van der Waals surface area contributed by atoms with Gasteiger partial charge in [-0.1, -0.05) is 6.58 Å². The molecule has 0 bridgehead atoms. The molecule has 0 aliphatic carbocycles. The third-order valence-corrected chi connectivity index (χ3v) is 1.83. The first-order valence-corrected chi connectivity index (χ1v) is 3.35. The van der Waals surface area contributed by atoms with Crippen molar-refractivity contribution in [1.29, 1.82) is 0 Å². The SMILES string of the molecule is C=C(CP)PO. The Balaban J connectivity index is 2.99. The lowest BCUT2D eigenvalue weighted by Gasteiger charge is -1.88. The van der Waals surface area contributed by atoms with Gasteiger partial charge in [0.05, 0.1) is 0 Å². The Kier molecular flexibility index (Phi) is 4.09. The highest BCUT2D eigenvalue weighted by molar-refractivity contribution is 7.38. The van der Waals surface area contributed by atoms with E-state index >= 15 is 0 Å². The molecule has 0 amide bonds. The fraction of sp³-hybridized carbons (Fsp3) is 0.333. The Morgan fingerprint density at radius 3 is 2.50 bits per heavy atom. The van der Waals surface area contributed by atoms with Gasteiger partial charge in [-0.25, -0.2) is 0 Å². The Labute approximate surface area is 41.9 Å². The zero-order valence-electron chi connectivity index (χ0n) is 3.44. The third-order valence-electron chi connectivity index (χ3n) is 0.405. The van der Waals surface area contributed by atoms with Crippen molar-refractivity contribution in [2.45, 2.75) is 0 Å². The van der Waals surface area contributed by atoms with Gasteiger partial charge >= 0.3 is 0 Å². The number of allylic oxidation sites excluding steroid dienone is 1. The van der Waals surface area contributed by atoms with Crippen LogP contribution in [-0.2, 0) is 0 Å². The average molecular weight is 122 g/mol. The standard InChI is InChI=1S/C3H8OP2/c1-3(2-5)6-4/h4,6H,1-2,5H2. The average Bonchev–Trinajstić information content (AvgIpc) is 1.65. The van der Waals surface area contributed by atoms with Crippen LogP contribution in [0.4, 0.5) is 0 Å². The highest BCUT2D eigenvalue weighted by Gasteiger charge is 1.79. The van der Waals surface area contributed by atoms with Crippen LogP contribution in [0, 0.1) is 0 Å². The van der Waals surface area contributed by atoms with E-state index < -0.39 is 0 Å². The highest BCUT2D eigenvalue weighted by Crippen LogP contribution is 2.16. The molecule has 2 unspecified atom stereocenters. The van der Waals surface area contributed by atoms with Gasteiger partial charge in [-0.2, -0.15) is 0 Å². The van der Waals surface area contributed by atoms with E-state index in [2.05, 4.69) is 15.8 Å². The molecule has 0 aromatic rings. The lowest BCUT2D eigenvalue weighted by atomic mass is 10.7. The normalized spacial score (nSPS) is 10.3. The minimum Gasteiger partial charge on any atom is -0.373 e. The molecule has 0 aliphatic heterocycles. The summed E-state index contributed by atoms with van der Waals surface area (Å²) in [5, 5.41) is 0.889. The van der Waals surface area contributed by atoms with Gasteiger partial charge in [-0.3, -0.25) is 0 Å². The predicted octanol–water partition coefficient (Wildman–Crippen LogP) is 0.961. The fourth-order valence-electron chi connectivity index (χ4n) is 0.0456. The van der Waals surface area contributed by atoms with E-state index in [-0.39, 0.29) is 8.81 Å². The van der Waals surface area contributed by atoms with Crippen LogP contribution in [0.3, 0.4) is 0 Å². The molecule has 0 rings (SSSR count). The predicted molar refractivity (Wildman–Crippen MR) is 34.3 cm³/mol. The monoisotopic (exact) mass is 122 g/mol. The summed E-state index contributed by atoms with van der Waals surface area (Å²) in [6, 6.07) is 0. The first-order chi connectivity index (χ1) is 2.81. The molecule has 0 saturated carbocycles. The van der Waals surface area contributed by atoms with Gasteiger partial charge in [0.25, 0.3) is 0 Å². The highest BCUT2D eigenvalue weighted by atomic mass is 31.1. The van der Waals surface area contributed by atoms with Gasteiger partial charge < -0.3 is 4.89 Å². The Hall–Kier alpha value is 0.560. The lowest BCUT2D eigenvalue weighted by Crippen LogP contribution is -1.64. The van der Waals surface area contributed by atoms with Crippen LogP contribution in [0.15, 0.2) is 11.9 Å². The van der Waals surface area contributed by atoms with E-state index in [0.717, 1.165) is 11.5 Å². The van der Waals surface area contributed by atoms with Crippen LogP contribution in [0.1, 0.15) is 0 Å². The Bertz CT molecular complexity index is 46.8. The smallest absolute Gasteiger partial charge is 0.0376 e. The molecule has 0 saturated heterocycles. The van der Waals surface area contributed by atoms with Crippen LogP contribution in [0.2, 0.25) is 0 Å². The molecule has 3 heteroatoms. The summed E-state index contributed by atoms with van der Waals surface area (Å²) < 4.78 is 0. The van der Waals surface area contributed by atoms with Crippen molar-refractivity contribution in [3.05, 3.63) is 11.9 Å². The van der Waals surface area contributed by atoms with E-state index in [4.69, 9.17) is 4.89 Å². The summed E-state index contributed by atoms with van der Waals surface area (Å²) in [6.45, 7) is 3.53. The van der Waals surface area contributed by atoms with Gasteiger partial charge in [0.2, 0.25) is 0 Å². The second-order valence-corrected chi connectivity index (χ2v) is 2.26. The molecule has 36 valence electrons. The largest absolute Gasteiger partial charge is 0.373 e. The van der Waals surface area contributed by atoms with Gasteiger partial charge in [0.15, 0.2) is 0 Å². The maximum absolute atomic E-state index is 8.25. The molecule has 1 nitrogen and oxygen atoms in total. The molecule has 0 aromatic heterocycles. The van der Waals surface area contributed by atoms with E-state index in [1.54, 1.807) is 0 Å². The second-order valence-electron chi connectivity index (χ2n) is 0.919. The lowest BCUT2D eigenvalue weighted by molar-refractivity contribution is 0.652.